The van der Waals surface area contributed by atoms with E-state index in [0.29, 0.717) is 5.75 Å². The second-order valence-corrected chi connectivity index (χ2v) is 5.54. The molecule has 1 rings (SSSR count). The van der Waals surface area contributed by atoms with Crippen LogP contribution in [0.4, 0.5) is 0 Å². The molecule has 1 unspecified atom stereocenters. The second-order valence-electron chi connectivity index (χ2n) is 3.00. The first-order valence-electron chi connectivity index (χ1n) is 4.07. The third kappa shape index (κ3) is 3.57. The van der Waals surface area contributed by atoms with Crippen molar-refractivity contribution in [3.63, 3.8) is 0 Å². The number of benzene rings is 1. The van der Waals surface area contributed by atoms with E-state index < -0.39 is 9.73 Å². The summed E-state index contributed by atoms with van der Waals surface area (Å²) < 4.78 is 14.8. The van der Waals surface area contributed by atoms with Crippen molar-refractivity contribution in [3.8, 4) is 0 Å². The van der Waals surface area contributed by atoms with E-state index in [1.807, 2.05) is 30.3 Å². The SMILES string of the molecule is CS(=O)(CCc1ccccc1)=NN. The molecule has 4 heteroatoms. The van der Waals surface area contributed by atoms with Gasteiger partial charge in [0.2, 0.25) is 0 Å². The average molecular weight is 198 g/mol. The van der Waals surface area contributed by atoms with Crippen molar-refractivity contribution in [1.29, 1.82) is 0 Å². The van der Waals surface area contributed by atoms with Crippen molar-refractivity contribution in [3.05, 3.63) is 35.9 Å². The maximum Gasteiger partial charge on any atom is 0.0609 e. The Morgan fingerprint density at radius 2 is 2.00 bits per heavy atom. The lowest BCUT2D eigenvalue weighted by Crippen LogP contribution is -2.08. The van der Waals surface area contributed by atoms with Crippen LogP contribution in [-0.2, 0) is 16.1 Å². The Morgan fingerprint density at radius 3 is 2.54 bits per heavy atom. The summed E-state index contributed by atoms with van der Waals surface area (Å²) in [5.74, 6) is 5.54. The lowest BCUT2D eigenvalue weighted by molar-refractivity contribution is 0.678. The molecule has 0 aliphatic heterocycles. The summed E-state index contributed by atoms with van der Waals surface area (Å²) in [5.41, 5.74) is 1.17. The van der Waals surface area contributed by atoms with E-state index in [1.165, 1.54) is 5.56 Å². The van der Waals surface area contributed by atoms with Crippen LogP contribution in [-0.4, -0.2) is 16.2 Å². The molecule has 1 aromatic rings. The van der Waals surface area contributed by atoms with Gasteiger partial charge in [0.25, 0.3) is 0 Å². The van der Waals surface area contributed by atoms with Crippen molar-refractivity contribution >= 4 is 9.73 Å². The maximum absolute atomic E-state index is 11.4. The van der Waals surface area contributed by atoms with Gasteiger partial charge in [0, 0.05) is 12.0 Å². The van der Waals surface area contributed by atoms with Crippen LogP contribution >= 0.6 is 0 Å². The summed E-state index contributed by atoms with van der Waals surface area (Å²) in [6.07, 6.45) is 2.34. The number of nitrogens with zero attached hydrogens (tertiary/aromatic N) is 1. The van der Waals surface area contributed by atoms with E-state index >= 15 is 0 Å². The Bertz CT molecular complexity index is 366. The first kappa shape index (κ1) is 10.2. The van der Waals surface area contributed by atoms with Crippen molar-refractivity contribution in [2.75, 3.05) is 12.0 Å². The van der Waals surface area contributed by atoms with E-state index in [-0.39, 0.29) is 0 Å². The van der Waals surface area contributed by atoms with Gasteiger partial charge >= 0.3 is 0 Å². The average Bonchev–Trinajstić information content (AvgIpc) is 2.17. The highest BCUT2D eigenvalue weighted by atomic mass is 32.2. The minimum absolute atomic E-state index is 0.521. The standard InChI is InChI=1S/C9H14N2OS/c1-13(12,11-10)8-7-9-5-3-2-4-6-9/h2-6H,7-8,10H2,1H3. The lowest BCUT2D eigenvalue weighted by atomic mass is 10.2. The topological polar surface area (TPSA) is 55.5 Å². The van der Waals surface area contributed by atoms with Crippen molar-refractivity contribution in [2.24, 2.45) is 10.3 Å². The summed E-state index contributed by atoms with van der Waals surface area (Å²) >= 11 is 0. The third-order valence-electron chi connectivity index (χ3n) is 1.84. The summed E-state index contributed by atoms with van der Waals surface area (Å²) in [6.45, 7) is 0. The Kier molecular flexibility index (Phi) is 3.45. The maximum atomic E-state index is 11.4. The number of aryl methyl sites for hydroxylation is 1. The molecular formula is C9H14N2OS. The van der Waals surface area contributed by atoms with Gasteiger partial charge in [-0.1, -0.05) is 30.3 Å². The Hall–Kier alpha value is -0.870. The van der Waals surface area contributed by atoms with Crippen LogP contribution in [0.25, 0.3) is 0 Å². The van der Waals surface area contributed by atoms with Gasteiger partial charge < -0.3 is 0 Å². The molecule has 0 radical (unpaired) electrons. The smallest absolute Gasteiger partial charge is 0.0609 e. The molecule has 1 atom stereocenters. The fraction of sp³-hybridized carbons (Fsp3) is 0.333. The lowest BCUT2D eigenvalue weighted by Gasteiger charge is -2.01. The molecular weight excluding hydrogens is 184 g/mol. The zero-order chi connectivity index (χ0) is 9.73. The summed E-state index contributed by atoms with van der Waals surface area (Å²) in [6, 6.07) is 9.90. The molecule has 0 aromatic heterocycles. The number of hydrogen-bond acceptors (Lipinski definition) is 2. The fourth-order valence-corrected chi connectivity index (χ4v) is 1.72. The van der Waals surface area contributed by atoms with Crippen LogP contribution in [0.2, 0.25) is 0 Å². The molecule has 0 amide bonds. The Morgan fingerprint density at radius 1 is 1.38 bits per heavy atom. The minimum atomic E-state index is -2.16. The van der Waals surface area contributed by atoms with Gasteiger partial charge in [-0.15, -0.1) is 0 Å². The summed E-state index contributed by atoms with van der Waals surface area (Å²) in [4.78, 5) is 0. The number of nitrogens with two attached hydrogens (primary N) is 1. The molecule has 0 bridgehead atoms. The van der Waals surface area contributed by atoms with Gasteiger partial charge in [-0.05, 0) is 12.0 Å². The predicted octanol–water partition coefficient (Wildman–Crippen LogP) is 1.20. The summed E-state index contributed by atoms with van der Waals surface area (Å²) in [5, 5.41) is 0. The molecule has 13 heavy (non-hydrogen) atoms. The van der Waals surface area contributed by atoms with Gasteiger partial charge in [-0.25, -0.2) is 10.1 Å². The van der Waals surface area contributed by atoms with Crippen molar-refractivity contribution < 1.29 is 4.21 Å². The molecule has 0 saturated heterocycles. The minimum Gasteiger partial charge on any atom is -0.249 e. The van der Waals surface area contributed by atoms with E-state index in [1.54, 1.807) is 6.26 Å². The molecule has 1 aromatic carbocycles. The van der Waals surface area contributed by atoms with E-state index in [9.17, 15) is 4.21 Å². The van der Waals surface area contributed by atoms with Crippen LogP contribution < -0.4 is 5.84 Å². The monoisotopic (exact) mass is 198 g/mol. The predicted molar refractivity (Wildman–Crippen MR) is 55.7 cm³/mol. The Labute approximate surface area is 79.1 Å². The van der Waals surface area contributed by atoms with Crippen LogP contribution in [0.5, 0.6) is 0 Å². The highest BCUT2D eigenvalue weighted by molar-refractivity contribution is 7.92. The first-order valence-corrected chi connectivity index (χ1v) is 6.16. The molecule has 0 spiro atoms. The van der Waals surface area contributed by atoms with Crippen LogP contribution in [0, 0.1) is 0 Å². The fourth-order valence-electron chi connectivity index (χ4n) is 1.00. The largest absolute Gasteiger partial charge is 0.249 e. The van der Waals surface area contributed by atoms with Gasteiger partial charge in [-0.2, -0.15) is 4.47 Å². The van der Waals surface area contributed by atoms with E-state index in [0.717, 1.165) is 6.42 Å². The van der Waals surface area contributed by atoms with Gasteiger partial charge in [-0.3, -0.25) is 0 Å². The second kappa shape index (κ2) is 4.39. The van der Waals surface area contributed by atoms with Crippen molar-refractivity contribution in [2.45, 2.75) is 6.42 Å². The molecule has 0 aliphatic carbocycles. The quantitative estimate of drug-likeness (QED) is 0.586. The molecule has 0 saturated carbocycles. The molecule has 72 valence electrons. The molecule has 0 aliphatic rings. The van der Waals surface area contributed by atoms with E-state index in [4.69, 9.17) is 5.84 Å². The van der Waals surface area contributed by atoms with Gasteiger partial charge in [0.05, 0.1) is 9.73 Å². The van der Waals surface area contributed by atoms with Crippen LogP contribution in [0.15, 0.2) is 34.8 Å². The zero-order valence-electron chi connectivity index (χ0n) is 7.64. The first-order chi connectivity index (χ1) is 6.14. The van der Waals surface area contributed by atoms with Crippen molar-refractivity contribution in [1.82, 2.24) is 0 Å². The van der Waals surface area contributed by atoms with Crippen LogP contribution in [0.3, 0.4) is 0 Å². The molecule has 0 heterocycles. The van der Waals surface area contributed by atoms with Gasteiger partial charge in [0.1, 0.15) is 0 Å². The van der Waals surface area contributed by atoms with Gasteiger partial charge in [0.15, 0.2) is 0 Å². The highest BCUT2D eigenvalue weighted by Gasteiger charge is 2.00. The van der Waals surface area contributed by atoms with E-state index in [2.05, 4.69) is 4.47 Å². The third-order valence-corrected chi connectivity index (χ3v) is 3.24. The molecule has 3 nitrogen and oxygen atoms in total. The Balaban J connectivity index is 2.59. The normalized spacial score (nSPS) is 14.9. The number of rotatable bonds is 3. The molecule has 2 N–H and O–H groups in total. The molecule has 0 fully saturated rings. The summed E-state index contributed by atoms with van der Waals surface area (Å²) in [7, 11) is -2.16. The number of hydrogen-bond donors (Lipinski definition) is 1. The zero-order valence-corrected chi connectivity index (χ0v) is 8.46. The highest BCUT2D eigenvalue weighted by Crippen LogP contribution is 2.01. The van der Waals surface area contributed by atoms with Crippen LogP contribution in [0.1, 0.15) is 5.56 Å².